The van der Waals surface area contributed by atoms with Gasteiger partial charge >= 0.3 is 5.97 Å². The predicted molar refractivity (Wildman–Crippen MR) is 67.4 cm³/mol. The van der Waals surface area contributed by atoms with Crippen molar-refractivity contribution < 1.29 is 9.53 Å². The van der Waals surface area contributed by atoms with Crippen molar-refractivity contribution in [3.05, 3.63) is 12.7 Å². The predicted octanol–water partition coefficient (Wildman–Crippen LogP) is 2.66. The number of hydrogen-bond donors (Lipinski definition) is 1. The summed E-state index contributed by atoms with van der Waals surface area (Å²) >= 11 is 0. The normalized spacial score (nSPS) is 11.2. The first-order valence-electron chi connectivity index (χ1n) is 6.06. The van der Waals surface area contributed by atoms with Crippen molar-refractivity contribution in [2.24, 2.45) is 0 Å². The Morgan fingerprint density at radius 2 is 2.12 bits per heavy atom. The minimum Gasteiger partial charge on any atom is -0.461 e. The molecule has 0 saturated carbocycles. The Labute approximate surface area is 99.3 Å². The van der Waals surface area contributed by atoms with Crippen LogP contribution in [0.1, 0.15) is 46.5 Å². The van der Waals surface area contributed by atoms with E-state index in [1.807, 2.05) is 0 Å². The van der Waals surface area contributed by atoms with E-state index in [4.69, 9.17) is 4.74 Å². The second kappa shape index (κ2) is 8.34. The van der Waals surface area contributed by atoms with E-state index in [1.54, 1.807) is 0 Å². The zero-order valence-corrected chi connectivity index (χ0v) is 10.8. The zero-order chi connectivity index (χ0) is 12.4. The summed E-state index contributed by atoms with van der Waals surface area (Å²) in [6.45, 7) is 11.0. The van der Waals surface area contributed by atoms with Gasteiger partial charge in [0.15, 0.2) is 0 Å². The van der Waals surface area contributed by atoms with Crippen LogP contribution in [0, 0.1) is 0 Å². The van der Waals surface area contributed by atoms with Crippen LogP contribution >= 0.6 is 0 Å². The Hall–Kier alpha value is -0.830. The van der Waals surface area contributed by atoms with Gasteiger partial charge in [0.25, 0.3) is 0 Å². The summed E-state index contributed by atoms with van der Waals surface area (Å²) in [6.07, 6.45) is 6.09. The zero-order valence-electron chi connectivity index (χ0n) is 10.8. The van der Waals surface area contributed by atoms with Gasteiger partial charge in [-0.1, -0.05) is 32.8 Å². The summed E-state index contributed by atoms with van der Waals surface area (Å²) in [5, 5.41) is 3.39. The molecule has 0 rings (SSSR count). The highest BCUT2D eigenvalue weighted by Gasteiger charge is 2.15. The first-order valence-corrected chi connectivity index (χ1v) is 6.06. The van der Waals surface area contributed by atoms with Gasteiger partial charge in [0.05, 0.1) is 0 Å². The van der Waals surface area contributed by atoms with Crippen molar-refractivity contribution in [3.8, 4) is 0 Å². The van der Waals surface area contributed by atoms with Gasteiger partial charge in [-0.3, -0.25) is 0 Å². The van der Waals surface area contributed by atoms with E-state index in [0.29, 0.717) is 13.2 Å². The molecule has 0 heterocycles. The molecule has 0 aliphatic carbocycles. The van der Waals surface area contributed by atoms with Gasteiger partial charge in [-0.05, 0) is 20.3 Å². The molecule has 0 fully saturated rings. The van der Waals surface area contributed by atoms with Crippen LogP contribution in [-0.2, 0) is 9.53 Å². The molecule has 0 saturated heterocycles. The molecule has 0 aliphatic heterocycles. The molecule has 1 N–H and O–H groups in total. The van der Waals surface area contributed by atoms with Gasteiger partial charge in [0.1, 0.15) is 6.61 Å². The third kappa shape index (κ3) is 8.48. The lowest BCUT2D eigenvalue weighted by Crippen LogP contribution is -2.41. The van der Waals surface area contributed by atoms with Crippen LogP contribution in [0.2, 0.25) is 0 Å². The van der Waals surface area contributed by atoms with Crippen molar-refractivity contribution in [1.29, 1.82) is 0 Å². The van der Waals surface area contributed by atoms with Crippen molar-refractivity contribution in [2.75, 3.05) is 13.2 Å². The molecule has 0 spiro atoms. The molecule has 0 amide bonds. The maximum Gasteiger partial charge on any atom is 0.330 e. The van der Waals surface area contributed by atoms with E-state index in [0.717, 1.165) is 6.42 Å². The average Bonchev–Trinajstić information content (AvgIpc) is 2.24. The second-order valence-electron chi connectivity index (χ2n) is 4.64. The SMILES string of the molecule is C=CC(=O)OCCNC(C)(C)CCCCC. The van der Waals surface area contributed by atoms with E-state index in [1.165, 1.54) is 25.3 Å². The lowest BCUT2D eigenvalue weighted by atomic mass is 9.97. The number of esters is 1. The largest absolute Gasteiger partial charge is 0.461 e. The number of carbonyl (C=O) groups is 1. The van der Waals surface area contributed by atoms with Crippen LogP contribution in [0.15, 0.2) is 12.7 Å². The molecule has 0 aromatic heterocycles. The molecule has 3 heteroatoms. The van der Waals surface area contributed by atoms with E-state index in [2.05, 4.69) is 32.7 Å². The minimum atomic E-state index is -0.356. The van der Waals surface area contributed by atoms with Gasteiger partial charge in [0.2, 0.25) is 0 Å². The maximum atomic E-state index is 10.8. The van der Waals surface area contributed by atoms with Gasteiger partial charge in [-0.15, -0.1) is 0 Å². The smallest absolute Gasteiger partial charge is 0.330 e. The summed E-state index contributed by atoms with van der Waals surface area (Å²) in [5.41, 5.74) is 0.121. The molecule has 0 atom stereocenters. The number of unbranched alkanes of at least 4 members (excludes halogenated alkanes) is 2. The Bertz CT molecular complexity index is 212. The van der Waals surface area contributed by atoms with Gasteiger partial charge in [-0.2, -0.15) is 0 Å². The summed E-state index contributed by atoms with van der Waals surface area (Å²) in [5.74, 6) is -0.356. The lowest BCUT2D eigenvalue weighted by Gasteiger charge is -2.26. The lowest BCUT2D eigenvalue weighted by molar-refractivity contribution is -0.137. The molecule has 0 unspecified atom stereocenters. The Morgan fingerprint density at radius 3 is 2.69 bits per heavy atom. The van der Waals surface area contributed by atoms with Crippen molar-refractivity contribution in [2.45, 2.75) is 52.0 Å². The highest BCUT2D eigenvalue weighted by atomic mass is 16.5. The van der Waals surface area contributed by atoms with Gasteiger partial charge in [-0.25, -0.2) is 4.79 Å². The Balaban J connectivity index is 3.56. The fraction of sp³-hybridized carbons (Fsp3) is 0.769. The van der Waals surface area contributed by atoms with E-state index in [-0.39, 0.29) is 11.5 Å². The third-order valence-corrected chi connectivity index (χ3v) is 2.52. The topological polar surface area (TPSA) is 38.3 Å². The second-order valence-corrected chi connectivity index (χ2v) is 4.64. The third-order valence-electron chi connectivity index (χ3n) is 2.52. The minimum absolute atomic E-state index is 0.121. The van der Waals surface area contributed by atoms with Crippen LogP contribution in [-0.4, -0.2) is 24.7 Å². The van der Waals surface area contributed by atoms with Crippen LogP contribution in [0.3, 0.4) is 0 Å². The summed E-state index contributed by atoms with van der Waals surface area (Å²) in [4.78, 5) is 10.8. The van der Waals surface area contributed by atoms with Crippen LogP contribution in [0.25, 0.3) is 0 Å². The summed E-state index contributed by atoms with van der Waals surface area (Å²) in [7, 11) is 0. The van der Waals surface area contributed by atoms with Crippen LogP contribution in [0.5, 0.6) is 0 Å². The first kappa shape index (κ1) is 15.2. The molecule has 94 valence electrons. The Kier molecular flexibility index (Phi) is 7.90. The van der Waals surface area contributed by atoms with Gasteiger partial charge < -0.3 is 10.1 Å². The first-order chi connectivity index (χ1) is 7.52. The standard InChI is InChI=1S/C13H25NO2/c1-5-7-8-9-13(3,4)14-10-11-16-12(15)6-2/h6,14H,2,5,7-11H2,1,3-4H3. The quantitative estimate of drug-likeness (QED) is 0.374. The molecule has 0 bridgehead atoms. The Morgan fingerprint density at radius 1 is 1.44 bits per heavy atom. The summed E-state index contributed by atoms with van der Waals surface area (Å²) in [6, 6.07) is 0. The molecule has 0 radical (unpaired) electrons. The molecule has 0 aromatic rings. The summed E-state index contributed by atoms with van der Waals surface area (Å²) < 4.78 is 4.89. The van der Waals surface area contributed by atoms with Crippen molar-refractivity contribution in [3.63, 3.8) is 0 Å². The number of rotatable bonds is 9. The molecule has 0 aromatic carbocycles. The van der Waals surface area contributed by atoms with E-state index >= 15 is 0 Å². The molecule has 16 heavy (non-hydrogen) atoms. The molecular weight excluding hydrogens is 202 g/mol. The van der Waals surface area contributed by atoms with E-state index in [9.17, 15) is 4.79 Å². The maximum absolute atomic E-state index is 10.8. The number of ether oxygens (including phenoxy) is 1. The fourth-order valence-electron chi connectivity index (χ4n) is 1.51. The van der Waals surface area contributed by atoms with Crippen LogP contribution in [0.4, 0.5) is 0 Å². The molecule has 0 aliphatic rings. The van der Waals surface area contributed by atoms with Crippen LogP contribution < -0.4 is 5.32 Å². The van der Waals surface area contributed by atoms with E-state index < -0.39 is 0 Å². The number of nitrogens with one attached hydrogen (secondary N) is 1. The number of carbonyl (C=O) groups excluding carboxylic acids is 1. The van der Waals surface area contributed by atoms with Gasteiger partial charge in [0, 0.05) is 18.2 Å². The fourth-order valence-corrected chi connectivity index (χ4v) is 1.51. The van der Waals surface area contributed by atoms with Crippen molar-refractivity contribution in [1.82, 2.24) is 5.32 Å². The van der Waals surface area contributed by atoms with Crippen molar-refractivity contribution >= 4 is 5.97 Å². The highest BCUT2D eigenvalue weighted by molar-refractivity contribution is 5.81. The monoisotopic (exact) mass is 227 g/mol. The molecule has 3 nitrogen and oxygen atoms in total. The highest BCUT2D eigenvalue weighted by Crippen LogP contribution is 2.13. The average molecular weight is 227 g/mol. The number of hydrogen-bond acceptors (Lipinski definition) is 3. The molecular formula is C13H25NO2.